The maximum absolute atomic E-state index is 12.2. The molecule has 0 radical (unpaired) electrons. The van der Waals surface area contributed by atoms with Crippen LogP contribution >= 0.6 is 0 Å². The average molecular weight is 326 g/mol. The molecule has 0 atom stereocenters. The zero-order valence-corrected chi connectivity index (χ0v) is 14.8. The van der Waals surface area contributed by atoms with Gasteiger partial charge in [0.25, 0.3) is 0 Å². The fourth-order valence-electron chi connectivity index (χ4n) is 2.56. The van der Waals surface area contributed by atoms with Crippen molar-refractivity contribution in [3.63, 3.8) is 0 Å². The van der Waals surface area contributed by atoms with Crippen molar-refractivity contribution in [2.45, 2.75) is 46.5 Å². The zero-order valence-electron chi connectivity index (χ0n) is 14.8. The average Bonchev–Trinajstić information content (AvgIpc) is 2.54. The highest BCUT2D eigenvalue weighted by molar-refractivity contribution is 5.91. The predicted molar refractivity (Wildman–Crippen MR) is 97.0 cm³/mol. The molecule has 0 aromatic heterocycles. The highest BCUT2D eigenvalue weighted by Gasteiger charge is 2.09. The molecule has 0 unspecified atom stereocenters. The van der Waals surface area contributed by atoms with E-state index in [-0.39, 0.29) is 5.97 Å². The Hall–Kier alpha value is -2.29. The van der Waals surface area contributed by atoms with Gasteiger partial charge in [0.15, 0.2) is 0 Å². The minimum absolute atomic E-state index is 0.352. The monoisotopic (exact) mass is 326 g/mol. The van der Waals surface area contributed by atoms with Crippen molar-refractivity contribution in [1.29, 1.82) is 0 Å². The van der Waals surface area contributed by atoms with Crippen LogP contribution in [-0.2, 0) is 0 Å². The maximum atomic E-state index is 12.2. The number of rotatable bonds is 8. The summed E-state index contributed by atoms with van der Waals surface area (Å²) in [6.45, 7) is 6.87. The van der Waals surface area contributed by atoms with Crippen LogP contribution in [0.4, 0.5) is 0 Å². The summed E-state index contributed by atoms with van der Waals surface area (Å²) >= 11 is 0. The Balaban J connectivity index is 1.88. The van der Waals surface area contributed by atoms with E-state index in [1.54, 1.807) is 12.1 Å². The summed E-state index contributed by atoms with van der Waals surface area (Å²) in [5.74, 6) is 1.01. The summed E-state index contributed by atoms with van der Waals surface area (Å²) in [5.41, 5.74) is 2.67. The fourth-order valence-corrected chi connectivity index (χ4v) is 2.56. The van der Waals surface area contributed by atoms with Crippen molar-refractivity contribution in [3.8, 4) is 11.5 Å². The summed E-state index contributed by atoms with van der Waals surface area (Å²) in [4.78, 5) is 12.2. The van der Waals surface area contributed by atoms with E-state index < -0.39 is 0 Å². The molecule has 0 fully saturated rings. The molecular weight excluding hydrogens is 300 g/mol. The van der Waals surface area contributed by atoms with E-state index in [1.807, 2.05) is 44.2 Å². The number of benzene rings is 2. The molecule has 0 heterocycles. The van der Waals surface area contributed by atoms with Crippen molar-refractivity contribution < 1.29 is 14.3 Å². The quantitative estimate of drug-likeness (QED) is 0.366. The second-order valence-corrected chi connectivity index (χ2v) is 6.15. The maximum Gasteiger partial charge on any atom is 0.343 e. The molecule has 3 nitrogen and oxygen atoms in total. The first-order valence-corrected chi connectivity index (χ1v) is 8.62. The van der Waals surface area contributed by atoms with Crippen LogP contribution in [0.25, 0.3) is 0 Å². The molecule has 3 heteroatoms. The Kier molecular flexibility index (Phi) is 6.86. The van der Waals surface area contributed by atoms with E-state index >= 15 is 0 Å². The summed E-state index contributed by atoms with van der Waals surface area (Å²) in [5, 5.41) is 0. The fraction of sp³-hybridized carbons (Fsp3) is 0.381. The van der Waals surface area contributed by atoms with Gasteiger partial charge in [-0.3, -0.25) is 0 Å². The molecule has 0 bridgehead atoms. The zero-order chi connectivity index (χ0) is 17.4. The largest absolute Gasteiger partial charge is 0.494 e. The molecule has 2 aromatic rings. The molecule has 0 N–H and O–H groups in total. The Morgan fingerprint density at radius 2 is 1.54 bits per heavy atom. The Morgan fingerprint density at radius 1 is 0.875 bits per heavy atom. The van der Waals surface area contributed by atoms with Crippen LogP contribution in [0, 0.1) is 13.8 Å². The highest BCUT2D eigenvalue weighted by atomic mass is 16.5. The van der Waals surface area contributed by atoms with Crippen LogP contribution in [0.5, 0.6) is 11.5 Å². The van der Waals surface area contributed by atoms with Crippen molar-refractivity contribution in [2.75, 3.05) is 6.61 Å². The van der Waals surface area contributed by atoms with Crippen LogP contribution in [0.2, 0.25) is 0 Å². The van der Waals surface area contributed by atoms with Gasteiger partial charge in [-0.15, -0.1) is 0 Å². The molecule has 24 heavy (non-hydrogen) atoms. The number of carbonyl (C=O) groups is 1. The Labute approximate surface area is 144 Å². The van der Waals surface area contributed by atoms with Gasteiger partial charge in [0.2, 0.25) is 0 Å². The SMILES string of the molecule is CCCCCCOc1ccc(C(=O)Oc2cc(C)cc(C)c2)cc1. The number of unbranched alkanes of at least 4 members (excludes halogenated alkanes) is 3. The predicted octanol–water partition coefficient (Wildman–Crippen LogP) is 5.48. The number of ether oxygens (including phenoxy) is 2. The molecule has 0 aliphatic carbocycles. The third-order valence-electron chi connectivity index (χ3n) is 3.76. The lowest BCUT2D eigenvalue weighted by atomic mass is 10.1. The second-order valence-electron chi connectivity index (χ2n) is 6.15. The minimum atomic E-state index is -0.352. The molecule has 0 saturated carbocycles. The van der Waals surface area contributed by atoms with Crippen molar-refractivity contribution in [1.82, 2.24) is 0 Å². The van der Waals surface area contributed by atoms with Crippen molar-refractivity contribution >= 4 is 5.97 Å². The molecule has 128 valence electrons. The van der Waals surface area contributed by atoms with Gasteiger partial charge >= 0.3 is 5.97 Å². The first-order chi connectivity index (χ1) is 11.6. The Bertz CT molecular complexity index is 639. The summed E-state index contributed by atoms with van der Waals surface area (Å²) in [7, 11) is 0. The second kappa shape index (κ2) is 9.11. The molecular formula is C21H26O3. The van der Waals surface area contributed by atoms with Gasteiger partial charge in [0.05, 0.1) is 12.2 Å². The van der Waals surface area contributed by atoms with E-state index in [4.69, 9.17) is 9.47 Å². The van der Waals surface area contributed by atoms with E-state index in [2.05, 4.69) is 6.92 Å². The lowest BCUT2D eigenvalue weighted by Gasteiger charge is -2.08. The number of aryl methyl sites for hydroxylation is 2. The van der Waals surface area contributed by atoms with Gasteiger partial charge in [-0.25, -0.2) is 4.79 Å². The lowest BCUT2D eigenvalue weighted by Crippen LogP contribution is -2.08. The molecule has 0 aliphatic heterocycles. The molecule has 0 amide bonds. The van der Waals surface area contributed by atoms with Gasteiger partial charge in [0, 0.05) is 0 Å². The molecule has 2 aromatic carbocycles. The van der Waals surface area contributed by atoms with Gasteiger partial charge in [0.1, 0.15) is 11.5 Å². The van der Waals surface area contributed by atoms with Crippen LogP contribution in [0.1, 0.15) is 54.1 Å². The summed E-state index contributed by atoms with van der Waals surface area (Å²) < 4.78 is 11.1. The first kappa shape index (κ1) is 18.1. The van der Waals surface area contributed by atoms with Gasteiger partial charge < -0.3 is 9.47 Å². The highest BCUT2D eigenvalue weighted by Crippen LogP contribution is 2.19. The molecule has 0 saturated heterocycles. The number of carbonyl (C=O) groups excluding carboxylic acids is 1. The minimum Gasteiger partial charge on any atom is -0.494 e. The number of esters is 1. The third kappa shape index (κ3) is 5.73. The van der Waals surface area contributed by atoms with Crippen molar-refractivity contribution in [3.05, 3.63) is 59.2 Å². The van der Waals surface area contributed by atoms with Crippen molar-refractivity contribution in [2.24, 2.45) is 0 Å². The van der Waals surface area contributed by atoms with Gasteiger partial charge in [-0.1, -0.05) is 32.3 Å². The molecule has 0 aliphatic rings. The summed E-state index contributed by atoms with van der Waals surface area (Å²) in [6.07, 6.45) is 4.71. The number of hydrogen-bond acceptors (Lipinski definition) is 3. The van der Waals surface area contributed by atoms with E-state index in [1.165, 1.54) is 19.3 Å². The summed E-state index contributed by atoms with van der Waals surface area (Å²) in [6, 6.07) is 12.9. The van der Waals surface area contributed by atoms with E-state index in [0.717, 1.165) is 23.3 Å². The van der Waals surface area contributed by atoms with Crippen LogP contribution in [-0.4, -0.2) is 12.6 Å². The lowest BCUT2D eigenvalue weighted by molar-refractivity contribution is 0.0734. The molecule has 2 rings (SSSR count). The van der Waals surface area contributed by atoms with E-state index in [0.29, 0.717) is 17.9 Å². The molecule has 0 spiro atoms. The number of hydrogen-bond donors (Lipinski definition) is 0. The smallest absolute Gasteiger partial charge is 0.343 e. The Morgan fingerprint density at radius 3 is 2.17 bits per heavy atom. The van der Waals surface area contributed by atoms with Gasteiger partial charge in [-0.2, -0.15) is 0 Å². The standard InChI is InChI=1S/C21H26O3/c1-4-5-6-7-12-23-19-10-8-18(9-11-19)21(22)24-20-14-16(2)13-17(3)15-20/h8-11,13-15H,4-7,12H2,1-3H3. The third-order valence-corrected chi connectivity index (χ3v) is 3.76. The van der Waals surface area contributed by atoms with Crippen LogP contribution < -0.4 is 9.47 Å². The van der Waals surface area contributed by atoms with Gasteiger partial charge in [-0.05, 0) is 67.8 Å². The topological polar surface area (TPSA) is 35.5 Å². The van der Waals surface area contributed by atoms with E-state index in [9.17, 15) is 4.79 Å². The first-order valence-electron chi connectivity index (χ1n) is 8.62. The normalized spacial score (nSPS) is 10.5. The van der Waals surface area contributed by atoms with Crippen LogP contribution in [0.15, 0.2) is 42.5 Å². The van der Waals surface area contributed by atoms with Crippen LogP contribution in [0.3, 0.4) is 0 Å².